The van der Waals surface area contributed by atoms with Crippen LogP contribution in [0.25, 0.3) is 0 Å². The number of rotatable bonds is 18. The fourth-order valence-corrected chi connectivity index (χ4v) is 5.74. The Labute approximate surface area is 312 Å². The van der Waals surface area contributed by atoms with Crippen molar-refractivity contribution in [3.8, 4) is 0 Å². The summed E-state index contributed by atoms with van der Waals surface area (Å²) < 4.78 is 35.7. The lowest BCUT2D eigenvalue weighted by atomic mass is 10.1. The highest BCUT2D eigenvalue weighted by Gasteiger charge is 2.39. The number of benzene rings is 4. The van der Waals surface area contributed by atoms with Gasteiger partial charge in [-0.15, -0.1) is 0 Å². The van der Waals surface area contributed by atoms with Crippen LogP contribution in [0.1, 0.15) is 63.8 Å². The van der Waals surface area contributed by atoms with Crippen molar-refractivity contribution in [3.63, 3.8) is 0 Å². The Morgan fingerprint density at radius 3 is 1.57 bits per heavy atom. The van der Waals surface area contributed by atoms with Gasteiger partial charge in [-0.3, -0.25) is 0 Å². The van der Waals surface area contributed by atoms with Crippen molar-refractivity contribution in [2.45, 2.75) is 64.3 Å². The minimum atomic E-state index is -2.30. The second kappa shape index (κ2) is 19.8. The second-order valence-electron chi connectivity index (χ2n) is 13.7. The van der Waals surface area contributed by atoms with E-state index in [1.165, 1.54) is 24.3 Å². The van der Waals surface area contributed by atoms with Gasteiger partial charge in [-0.1, -0.05) is 106 Å². The molecule has 0 radical (unpaired) electrons. The van der Waals surface area contributed by atoms with Gasteiger partial charge in [0, 0.05) is 13.0 Å². The lowest BCUT2D eigenvalue weighted by Crippen LogP contribution is -2.41. The highest BCUT2D eigenvalue weighted by Crippen LogP contribution is 2.37. The molecule has 280 valence electrons. The molecule has 0 saturated carbocycles. The zero-order chi connectivity index (χ0) is 38.3. The smallest absolute Gasteiger partial charge is 0.343 e. The molecule has 2 atom stereocenters. The molecule has 0 bridgehead atoms. The Hall–Kier alpha value is -4.91. The summed E-state index contributed by atoms with van der Waals surface area (Å²) in [4.78, 5) is 40.8. The molecule has 2 unspecified atom stereocenters. The number of hydrogen-bond donors (Lipinski definition) is 1. The molecule has 0 aromatic heterocycles. The van der Waals surface area contributed by atoms with Crippen molar-refractivity contribution in [2.75, 3.05) is 19.8 Å². The molecule has 0 saturated heterocycles. The SMILES string of the molecule is CC(C)(C)[Si](C)(C)OCCC(OC(=O)c1ccccc1)/C(OC(=O)c1ccccc1)=C(/OC(=O)c1ccccc1)C(O)OCCOCc1ccccc1. The third-order valence-corrected chi connectivity index (χ3v) is 13.2. The molecule has 4 rings (SSSR count). The normalized spacial score (nSPS) is 13.3. The van der Waals surface area contributed by atoms with Crippen LogP contribution in [0.3, 0.4) is 0 Å². The average molecular weight is 741 g/mol. The van der Waals surface area contributed by atoms with E-state index in [2.05, 4.69) is 33.9 Å². The van der Waals surface area contributed by atoms with Crippen LogP contribution in [-0.4, -0.2) is 63.5 Å². The Bertz CT molecular complexity index is 1770. The van der Waals surface area contributed by atoms with Gasteiger partial charge in [-0.2, -0.15) is 0 Å². The average Bonchev–Trinajstić information content (AvgIpc) is 3.16. The summed E-state index contributed by atoms with van der Waals surface area (Å²) in [6.45, 7) is 10.8. The fourth-order valence-electron chi connectivity index (χ4n) is 4.67. The number of aliphatic hydroxyl groups is 1. The van der Waals surface area contributed by atoms with Gasteiger partial charge in [-0.05, 0) is 60.1 Å². The van der Waals surface area contributed by atoms with E-state index in [0.717, 1.165) is 5.56 Å². The highest BCUT2D eigenvalue weighted by atomic mass is 28.4. The molecule has 10 nitrogen and oxygen atoms in total. The van der Waals surface area contributed by atoms with Crippen molar-refractivity contribution < 1.29 is 47.6 Å². The molecule has 11 heteroatoms. The van der Waals surface area contributed by atoms with Gasteiger partial charge in [0.25, 0.3) is 0 Å². The van der Waals surface area contributed by atoms with E-state index in [1.807, 2.05) is 30.3 Å². The predicted molar refractivity (Wildman–Crippen MR) is 202 cm³/mol. The molecule has 0 spiro atoms. The Morgan fingerprint density at radius 1 is 0.623 bits per heavy atom. The van der Waals surface area contributed by atoms with Crippen LogP contribution in [0.4, 0.5) is 0 Å². The van der Waals surface area contributed by atoms with E-state index in [0.29, 0.717) is 6.61 Å². The molecule has 0 aliphatic rings. The van der Waals surface area contributed by atoms with E-state index in [-0.39, 0.29) is 48.0 Å². The van der Waals surface area contributed by atoms with Crippen LogP contribution in [0.2, 0.25) is 18.1 Å². The molecule has 4 aromatic carbocycles. The number of hydrogen-bond acceptors (Lipinski definition) is 10. The van der Waals surface area contributed by atoms with Crippen LogP contribution in [0.5, 0.6) is 0 Å². The van der Waals surface area contributed by atoms with Gasteiger partial charge in [0.05, 0.1) is 36.5 Å². The Kier molecular flexibility index (Phi) is 15.3. The summed E-state index contributed by atoms with van der Waals surface area (Å²) >= 11 is 0. The van der Waals surface area contributed by atoms with Gasteiger partial charge in [0.1, 0.15) is 0 Å². The molecule has 0 aliphatic heterocycles. The van der Waals surface area contributed by atoms with Crippen molar-refractivity contribution in [1.82, 2.24) is 0 Å². The summed E-state index contributed by atoms with van der Waals surface area (Å²) in [5.74, 6) is -3.45. The number of aliphatic hydroxyl groups excluding tert-OH is 1. The molecule has 0 aliphatic carbocycles. The predicted octanol–water partition coefficient (Wildman–Crippen LogP) is 8.10. The lowest BCUT2D eigenvalue weighted by Gasteiger charge is -2.36. The van der Waals surface area contributed by atoms with Crippen LogP contribution in [0.15, 0.2) is 133 Å². The largest absolute Gasteiger partial charge is 0.450 e. The summed E-state index contributed by atoms with van der Waals surface area (Å²) in [7, 11) is -2.30. The van der Waals surface area contributed by atoms with Crippen molar-refractivity contribution >= 4 is 26.2 Å². The molecule has 53 heavy (non-hydrogen) atoms. The topological polar surface area (TPSA) is 127 Å². The molecule has 0 heterocycles. The third kappa shape index (κ3) is 12.6. The summed E-state index contributed by atoms with van der Waals surface area (Å²) in [6.07, 6.45) is -3.37. The summed E-state index contributed by atoms with van der Waals surface area (Å²) in [5, 5.41) is 11.4. The first-order chi connectivity index (χ1) is 25.4. The molecular weight excluding hydrogens is 693 g/mol. The quantitative estimate of drug-likeness (QED) is 0.0267. The van der Waals surface area contributed by atoms with Gasteiger partial charge >= 0.3 is 17.9 Å². The van der Waals surface area contributed by atoms with Gasteiger partial charge in [-0.25, -0.2) is 14.4 Å². The molecule has 0 amide bonds. The number of ether oxygens (including phenoxy) is 5. The first-order valence-electron chi connectivity index (χ1n) is 17.5. The Morgan fingerprint density at radius 2 is 1.08 bits per heavy atom. The van der Waals surface area contributed by atoms with E-state index >= 15 is 0 Å². The van der Waals surface area contributed by atoms with Gasteiger partial charge in [0.2, 0.25) is 12.0 Å². The van der Waals surface area contributed by atoms with Crippen molar-refractivity contribution in [3.05, 3.63) is 155 Å². The first kappa shape index (κ1) is 40.9. The zero-order valence-corrected chi connectivity index (χ0v) is 31.9. The minimum Gasteiger partial charge on any atom is -0.450 e. The highest BCUT2D eigenvalue weighted by molar-refractivity contribution is 6.74. The minimum absolute atomic E-state index is 0.0260. The standard InChI is InChI=1S/C42H48O10Si/c1-42(2,3)53(4,5)49-27-26-35(50-38(43)32-20-12-7-13-21-32)36(51-39(44)33-22-14-8-15-23-33)37(52-40(45)34-24-16-9-17-25-34)41(46)48-29-28-47-30-31-18-10-6-11-19-31/h6-25,35,41,46H,26-30H2,1-5H3/b37-36-. The number of carbonyl (C=O) groups is 3. The van der Waals surface area contributed by atoms with Crippen LogP contribution >= 0.6 is 0 Å². The van der Waals surface area contributed by atoms with E-state index in [4.69, 9.17) is 28.1 Å². The zero-order valence-electron chi connectivity index (χ0n) is 30.9. The van der Waals surface area contributed by atoms with Crippen molar-refractivity contribution in [1.29, 1.82) is 0 Å². The molecule has 0 fully saturated rings. The summed E-state index contributed by atoms with van der Waals surface area (Å²) in [5.41, 5.74) is 1.49. The van der Waals surface area contributed by atoms with Crippen LogP contribution in [-0.2, 0) is 34.7 Å². The van der Waals surface area contributed by atoms with E-state index in [1.54, 1.807) is 66.7 Å². The maximum Gasteiger partial charge on any atom is 0.343 e. The monoisotopic (exact) mass is 740 g/mol. The maximum absolute atomic E-state index is 13.7. The van der Waals surface area contributed by atoms with Crippen LogP contribution < -0.4 is 0 Å². The van der Waals surface area contributed by atoms with Crippen LogP contribution in [0, 0.1) is 0 Å². The lowest BCUT2D eigenvalue weighted by molar-refractivity contribution is -0.114. The molecule has 4 aromatic rings. The number of esters is 3. The van der Waals surface area contributed by atoms with Gasteiger partial charge < -0.3 is 33.2 Å². The van der Waals surface area contributed by atoms with Crippen molar-refractivity contribution in [2.24, 2.45) is 0 Å². The Balaban J connectivity index is 1.75. The van der Waals surface area contributed by atoms with Gasteiger partial charge in [0.15, 0.2) is 20.2 Å². The molecular formula is C42H48O10Si. The summed E-state index contributed by atoms with van der Waals surface area (Å²) in [6, 6.07) is 34.0. The van der Waals surface area contributed by atoms with E-state index < -0.39 is 50.1 Å². The molecule has 1 N–H and O–H groups in total. The third-order valence-electron chi connectivity index (χ3n) is 8.71. The maximum atomic E-state index is 13.7. The second-order valence-corrected chi connectivity index (χ2v) is 18.5. The van der Waals surface area contributed by atoms with E-state index in [9.17, 15) is 19.5 Å². The first-order valence-corrected chi connectivity index (χ1v) is 20.4. The number of carbonyl (C=O) groups excluding carboxylic acids is 3. The fraction of sp³-hybridized carbons (Fsp3) is 0.310.